The summed E-state index contributed by atoms with van der Waals surface area (Å²) in [5.41, 5.74) is 0. The van der Waals surface area contributed by atoms with E-state index in [2.05, 4.69) is 6.92 Å². The SMILES string of the molecule is CCCC(CCC(CCC(CCCCCCCC(=O)O)OC)OC)OC. The lowest BCUT2D eigenvalue weighted by atomic mass is 9.99. The summed E-state index contributed by atoms with van der Waals surface area (Å²) in [5, 5.41) is 8.62. The fourth-order valence-corrected chi connectivity index (χ4v) is 3.38. The van der Waals surface area contributed by atoms with Crippen molar-refractivity contribution in [2.75, 3.05) is 21.3 Å². The zero-order valence-electron chi connectivity index (χ0n) is 17.5. The van der Waals surface area contributed by atoms with Crippen LogP contribution in [0.25, 0.3) is 0 Å². The monoisotopic (exact) mass is 374 g/mol. The molecule has 0 aliphatic rings. The summed E-state index contributed by atoms with van der Waals surface area (Å²) in [4.78, 5) is 10.5. The normalized spacial score (nSPS) is 14.9. The van der Waals surface area contributed by atoms with Crippen LogP contribution in [0.2, 0.25) is 0 Å². The molecule has 1 N–H and O–H groups in total. The average molecular weight is 375 g/mol. The maximum absolute atomic E-state index is 10.5. The van der Waals surface area contributed by atoms with Crippen LogP contribution in [0.5, 0.6) is 0 Å². The van der Waals surface area contributed by atoms with Gasteiger partial charge in [-0.15, -0.1) is 0 Å². The number of ether oxygens (including phenoxy) is 3. The van der Waals surface area contributed by atoms with Crippen molar-refractivity contribution in [1.29, 1.82) is 0 Å². The summed E-state index contributed by atoms with van der Waals surface area (Å²) in [5.74, 6) is -0.691. The van der Waals surface area contributed by atoms with Gasteiger partial charge in [0.15, 0.2) is 0 Å². The van der Waals surface area contributed by atoms with E-state index < -0.39 is 5.97 Å². The van der Waals surface area contributed by atoms with Crippen LogP contribution >= 0.6 is 0 Å². The van der Waals surface area contributed by atoms with Gasteiger partial charge in [-0.05, 0) is 44.9 Å². The van der Waals surface area contributed by atoms with E-state index in [4.69, 9.17) is 19.3 Å². The molecule has 5 heteroatoms. The van der Waals surface area contributed by atoms with E-state index in [1.54, 1.807) is 21.3 Å². The topological polar surface area (TPSA) is 65.0 Å². The molecule has 0 saturated heterocycles. The number of rotatable bonds is 19. The summed E-state index contributed by atoms with van der Waals surface area (Å²) in [6, 6.07) is 0. The van der Waals surface area contributed by atoms with Gasteiger partial charge < -0.3 is 19.3 Å². The van der Waals surface area contributed by atoms with E-state index in [0.717, 1.165) is 77.0 Å². The minimum atomic E-state index is -0.691. The van der Waals surface area contributed by atoms with E-state index in [9.17, 15) is 4.79 Å². The average Bonchev–Trinajstić information content (AvgIpc) is 2.64. The zero-order chi connectivity index (χ0) is 19.6. The molecule has 3 atom stereocenters. The van der Waals surface area contributed by atoms with Crippen LogP contribution in [0.15, 0.2) is 0 Å². The van der Waals surface area contributed by atoms with E-state index in [-0.39, 0.29) is 6.10 Å². The Bertz CT molecular complexity index is 322. The number of carboxylic acid groups (broad SMARTS) is 1. The smallest absolute Gasteiger partial charge is 0.303 e. The second-order valence-electron chi connectivity index (χ2n) is 7.22. The zero-order valence-corrected chi connectivity index (χ0v) is 17.5. The van der Waals surface area contributed by atoms with Crippen molar-refractivity contribution in [1.82, 2.24) is 0 Å². The fourth-order valence-electron chi connectivity index (χ4n) is 3.38. The maximum atomic E-state index is 10.5. The molecule has 0 amide bonds. The highest BCUT2D eigenvalue weighted by Gasteiger charge is 2.15. The van der Waals surface area contributed by atoms with Gasteiger partial charge >= 0.3 is 5.97 Å². The summed E-state index contributed by atoms with van der Waals surface area (Å²) in [7, 11) is 5.39. The molecule has 5 nitrogen and oxygen atoms in total. The Morgan fingerprint density at radius 3 is 1.58 bits per heavy atom. The molecule has 0 aliphatic heterocycles. The lowest BCUT2D eigenvalue weighted by molar-refractivity contribution is -0.137. The van der Waals surface area contributed by atoms with Crippen molar-refractivity contribution in [2.24, 2.45) is 0 Å². The highest BCUT2D eigenvalue weighted by molar-refractivity contribution is 5.66. The number of unbranched alkanes of at least 4 members (excludes halogenated alkanes) is 4. The highest BCUT2D eigenvalue weighted by atomic mass is 16.5. The lowest BCUT2D eigenvalue weighted by Crippen LogP contribution is -2.20. The van der Waals surface area contributed by atoms with Crippen LogP contribution in [-0.4, -0.2) is 50.7 Å². The number of hydrogen-bond donors (Lipinski definition) is 1. The molecule has 0 aromatic carbocycles. The molecular weight excluding hydrogens is 332 g/mol. The first-order chi connectivity index (χ1) is 12.6. The Morgan fingerprint density at radius 1 is 0.692 bits per heavy atom. The largest absolute Gasteiger partial charge is 0.481 e. The Kier molecular flexibility index (Phi) is 17.3. The first-order valence-electron chi connectivity index (χ1n) is 10.4. The van der Waals surface area contributed by atoms with E-state index in [1.165, 1.54) is 0 Å². The standard InChI is InChI=1S/C21H42O5/c1-5-11-18(24-2)14-16-20(26-4)17-15-19(25-3)12-9-7-6-8-10-13-21(22)23/h18-20H,5-17H2,1-4H3,(H,22,23). The predicted octanol–water partition coefficient (Wildman–Crippen LogP) is 5.21. The number of carboxylic acids is 1. The van der Waals surface area contributed by atoms with Crippen LogP contribution in [0.3, 0.4) is 0 Å². The first-order valence-corrected chi connectivity index (χ1v) is 10.4. The van der Waals surface area contributed by atoms with Crippen LogP contribution in [-0.2, 0) is 19.0 Å². The quantitative estimate of drug-likeness (QED) is 0.315. The second kappa shape index (κ2) is 17.7. The molecule has 0 aromatic heterocycles. The van der Waals surface area contributed by atoms with Crippen molar-refractivity contribution < 1.29 is 24.1 Å². The minimum absolute atomic E-state index is 0.276. The van der Waals surface area contributed by atoms with Crippen molar-refractivity contribution in [3.63, 3.8) is 0 Å². The van der Waals surface area contributed by atoms with Gasteiger partial charge in [0, 0.05) is 27.8 Å². The molecule has 0 radical (unpaired) electrons. The van der Waals surface area contributed by atoms with Gasteiger partial charge in [0.25, 0.3) is 0 Å². The Balaban J connectivity index is 3.86. The van der Waals surface area contributed by atoms with Crippen LogP contribution in [0.1, 0.15) is 90.4 Å². The summed E-state index contributed by atoms with van der Waals surface area (Å²) in [6.45, 7) is 2.19. The Morgan fingerprint density at radius 2 is 1.12 bits per heavy atom. The van der Waals surface area contributed by atoms with Gasteiger partial charge in [0.05, 0.1) is 18.3 Å². The van der Waals surface area contributed by atoms with Gasteiger partial charge in [-0.2, -0.15) is 0 Å². The van der Waals surface area contributed by atoms with E-state index in [0.29, 0.717) is 18.6 Å². The van der Waals surface area contributed by atoms with Crippen molar-refractivity contribution in [2.45, 2.75) is 109 Å². The van der Waals surface area contributed by atoms with Crippen molar-refractivity contribution >= 4 is 5.97 Å². The molecule has 26 heavy (non-hydrogen) atoms. The minimum Gasteiger partial charge on any atom is -0.481 e. The van der Waals surface area contributed by atoms with Gasteiger partial charge in [-0.25, -0.2) is 0 Å². The predicted molar refractivity (Wildman–Crippen MR) is 106 cm³/mol. The van der Waals surface area contributed by atoms with Crippen molar-refractivity contribution in [3.8, 4) is 0 Å². The molecule has 0 aromatic rings. The first kappa shape index (κ1) is 25.4. The number of methoxy groups -OCH3 is 3. The number of carbonyl (C=O) groups is 1. The summed E-state index contributed by atoms with van der Waals surface area (Å²) < 4.78 is 16.8. The molecular formula is C21H42O5. The third-order valence-corrected chi connectivity index (χ3v) is 5.15. The second-order valence-corrected chi connectivity index (χ2v) is 7.22. The molecule has 0 rings (SSSR count). The van der Waals surface area contributed by atoms with Gasteiger partial charge in [0.2, 0.25) is 0 Å². The molecule has 0 saturated carbocycles. The number of aliphatic carboxylic acids is 1. The third-order valence-electron chi connectivity index (χ3n) is 5.15. The fraction of sp³-hybridized carbons (Fsp3) is 0.952. The molecule has 0 fully saturated rings. The van der Waals surface area contributed by atoms with Crippen LogP contribution in [0.4, 0.5) is 0 Å². The van der Waals surface area contributed by atoms with E-state index in [1.807, 2.05) is 0 Å². The van der Waals surface area contributed by atoms with Crippen LogP contribution < -0.4 is 0 Å². The molecule has 0 heterocycles. The molecule has 3 unspecified atom stereocenters. The van der Waals surface area contributed by atoms with Crippen LogP contribution in [0, 0.1) is 0 Å². The van der Waals surface area contributed by atoms with Gasteiger partial charge in [0.1, 0.15) is 0 Å². The highest BCUT2D eigenvalue weighted by Crippen LogP contribution is 2.19. The molecule has 0 aliphatic carbocycles. The Hall–Kier alpha value is -0.650. The third kappa shape index (κ3) is 14.5. The van der Waals surface area contributed by atoms with Gasteiger partial charge in [-0.3, -0.25) is 4.79 Å². The Labute approximate surface area is 160 Å². The summed E-state index contributed by atoms with van der Waals surface area (Å²) in [6.07, 6.45) is 13.9. The molecule has 0 spiro atoms. The maximum Gasteiger partial charge on any atom is 0.303 e. The number of hydrogen-bond acceptors (Lipinski definition) is 4. The van der Waals surface area contributed by atoms with Crippen molar-refractivity contribution in [3.05, 3.63) is 0 Å². The van der Waals surface area contributed by atoms with E-state index >= 15 is 0 Å². The lowest BCUT2D eigenvalue weighted by Gasteiger charge is -2.22. The summed E-state index contributed by atoms with van der Waals surface area (Å²) >= 11 is 0. The molecule has 156 valence electrons. The molecule has 0 bridgehead atoms. The van der Waals surface area contributed by atoms with Gasteiger partial charge in [-0.1, -0.05) is 39.0 Å².